The molecule has 0 aliphatic heterocycles. The summed E-state index contributed by atoms with van der Waals surface area (Å²) in [5, 5.41) is 22.4. The number of hydrogen-bond donors (Lipinski definition) is 2. The molecule has 1 rings (SSSR count). The van der Waals surface area contributed by atoms with Gasteiger partial charge in [0.15, 0.2) is 0 Å². The predicted octanol–water partition coefficient (Wildman–Crippen LogP) is 1.11. The van der Waals surface area contributed by atoms with Gasteiger partial charge in [0, 0.05) is 5.69 Å². The zero-order valence-electron chi connectivity index (χ0n) is 10.8. The van der Waals surface area contributed by atoms with Crippen molar-refractivity contribution in [3.63, 3.8) is 0 Å². The minimum atomic E-state index is -0.605. The second kappa shape index (κ2) is 7.39. The summed E-state index contributed by atoms with van der Waals surface area (Å²) in [6.07, 6.45) is 0. The Morgan fingerprint density at radius 2 is 1.95 bits per heavy atom. The summed E-state index contributed by atoms with van der Waals surface area (Å²) < 4.78 is 4.65. The minimum absolute atomic E-state index is 0.163. The zero-order valence-corrected chi connectivity index (χ0v) is 10.8. The van der Waals surface area contributed by atoms with Crippen molar-refractivity contribution in [1.82, 2.24) is 5.32 Å². The molecule has 0 unspecified atom stereocenters. The van der Waals surface area contributed by atoms with E-state index in [1.165, 1.54) is 18.2 Å². The molecule has 2 amide bonds. The molecule has 1 aromatic rings. The van der Waals surface area contributed by atoms with Crippen molar-refractivity contribution in [2.45, 2.75) is 6.92 Å². The van der Waals surface area contributed by atoms with Crippen molar-refractivity contribution < 1.29 is 14.3 Å². The molecule has 0 fully saturated rings. The van der Waals surface area contributed by atoms with Gasteiger partial charge in [-0.3, -0.25) is 4.79 Å². The van der Waals surface area contributed by atoms with E-state index < -0.39 is 12.0 Å². The van der Waals surface area contributed by atoms with Gasteiger partial charge in [0.05, 0.1) is 17.7 Å². The number of benzene rings is 1. The number of nitriles is 2. The maximum absolute atomic E-state index is 11.5. The van der Waals surface area contributed by atoms with Crippen LogP contribution >= 0.6 is 0 Å². The maximum atomic E-state index is 11.5. The lowest BCUT2D eigenvalue weighted by molar-refractivity contribution is -0.141. The van der Waals surface area contributed by atoms with Gasteiger partial charge >= 0.3 is 12.0 Å². The van der Waals surface area contributed by atoms with Crippen molar-refractivity contribution in [1.29, 1.82) is 10.5 Å². The summed E-state index contributed by atoms with van der Waals surface area (Å²) >= 11 is 0. The molecule has 0 saturated carbocycles. The molecule has 0 heterocycles. The van der Waals surface area contributed by atoms with Gasteiger partial charge in [0.2, 0.25) is 0 Å². The van der Waals surface area contributed by atoms with Crippen LogP contribution in [0.15, 0.2) is 18.2 Å². The van der Waals surface area contributed by atoms with Crippen molar-refractivity contribution in [2.75, 3.05) is 18.5 Å². The second-order valence-corrected chi connectivity index (χ2v) is 3.60. The summed E-state index contributed by atoms with van der Waals surface area (Å²) in [6, 6.07) is 7.42. The van der Waals surface area contributed by atoms with Crippen LogP contribution in [0.5, 0.6) is 0 Å². The van der Waals surface area contributed by atoms with E-state index in [9.17, 15) is 9.59 Å². The standard InChI is InChI=1S/C13H12N4O3/c1-2-20-12(18)8-16-13(19)17-11-4-3-9(6-14)10(5-11)7-15/h3-5H,2,8H2,1H3,(H2,16,17,19). The first-order chi connectivity index (χ1) is 9.60. The molecule has 0 aromatic heterocycles. The third kappa shape index (κ3) is 4.31. The number of esters is 1. The lowest BCUT2D eigenvalue weighted by Gasteiger charge is -2.07. The first-order valence-corrected chi connectivity index (χ1v) is 5.75. The van der Waals surface area contributed by atoms with Gasteiger partial charge in [-0.25, -0.2) is 4.79 Å². The predicted molar refractivity (Wildman–Crippen MR) is 69.5 cm³/mol. The minimum Gasteiger partial charge on any atom is -0.465 e. The van der Waals surface area contributed by atoms with E-state index in [-0.39, 0.29) is 24.3 Å². The van der Waals surface area contributed by atoms with E-state index in [2.05, 4.69) is 15.4 Å². The fourth-order valence-corrected chi connectivity index (χ4v) is 1.35. The van der Waals surface area contributed by atoms with Crippen LogP contribution < -0.4 is 10.6 Å². The Bertz CT molecular complexity index is 599. The van der Waals surface area contributed by atoms with Crippen LogP contribution in [0.2, 0.25) is 0 Å². The van der Waals surface area contributed by atoms with Crippen LogP contribution in [0, 0.1) is 22.7 Å². The molecule has 1 aromatic carbocycles. The van der Waals surface area contributed by atoms with Gasteiger partial charge in [-0.15, -0.1) is 0 Å². The van der Waals surface area contributed by atoms with Crippen molar-refractivity contribution in [3.8, 4) is 12.1 Å². The highest BCUT2D eigenvalue weighted by Crippen LogP contribution is 2.14. The number of nitrogens with zero attached hydrogens (tertiary/aromatic N) is 2. The summed E-state index contributed by atoms with van der Waals surface area (Å²) in [7, 11) is 0. The number of ether oxygens (including phenoxy) is 1. The fraction of sp³-hybridized carbons (Fsp3) is 0.231. The smallest absolute Gasteiger partial charge is 0.325 e. The Hall–Kier alpha value is -3.06. The molecular weight excluding hydrogens is 260 g/mol. The Kier molecular flexibility index (Phi) is 5.54. The highest BCUT2D eigenvalue weighted by molar-refractivity contribution is 5.91. The van der Waals surface area contributed by atoms with Crippen molar-refractivity contribution in [2.24, 2.45) is 0 Å². The molecule has 2 N–H and O–H groups in total. The number of rotatable bonds is 4. The topological polar surface area (TPSA) is 115 Å². The molecule has 0 spiro atoms. The first kappa shape index (κ1) is 15.0. The van der Waals surface area contributed by atoms with Gasteiger partial charge < -0.3 is 15.4 Å². The van der Waals surface area contributed by atoms with E-state index in [0.717, 1.165) is 0 Å². The lowest BCUT2D eigenvalue weighted by atomic mass is 10.1. The quantitative estimate of drug-likeness (QED) is 0.797. The second-order valence-electron chi connectivity index (χ2n) is 3.60. The molecule has 0 aliphatic carbocycles. The molecule has 7 nitrogen and oxygen atoms in total. The van der Waals surface area contributed by atoms with Crippen LogP contribution in [0.4, 0.5) is 10.5 Å². The summed E-state index contributed by atoms with van der Waals surface area (Å²) in [5.74, 6) is -0.541. The normalized spacial score (nSPS) is 8.95. The molecular formula is C13H12N4O3. The van der Waals surface area contributed by atoms with E-state index in [1.54, 1.807) is 6.92 Å². The summed E-state index contributed by atoms with van der Waals surface area (Å²) in [6.45, 7) is 1.66. The van der Waals surface area contributed by atoms with E-state index in [0.29, 0.717) is 5.69 Å². The first-order valence-electron chi connectivity index (χ1n) is 5.75. The number of nitrogens with one attached hydrogen (secondary N) is 2. The fourth-order valence-electron chi connectivity index (χ4n) is 1.35. The van der Waals surface area contributed by atoms with Crippen molar-refractivity contribution in [3.05, 3.63) is 29.3 Å². The van der Waals surface area contributed by atoms with E-state index in [1.807, 2.05) is 12.1 Å². The van der Waals surface area contributed by atoms with Gasteiger partial charge in [-0.2, -0.15) is 10.5 Å². The molecule has 0 radical (unpaired) electrons. The van der Waals surface area contributed by atoms with Gasteiger partial charge in [0.1, 0.15) is 18.7 Å². The number of urea groups is 1. The zero-order chi connectivity index (χ0) is 15.0. The molecule has 0 atom stereocenters. The summed E-state index contributed by atoms with van der Waals surface area (Å²) in [4.78, 5) is 22.5. The third-order valence-corrected chi connectivity index (χ3v) is 2.22. The molecule has 20 heavy (non-hydrogen) atoms. The molecule has 7 heteroatoms. The van der Waals surface area contributed by atoms with Gasteiger partial charge in [0.25, 0.3) is 0 Å². The average Bonchev–Trinajstić information content (AvgIpc) is 2.45. The van der Waals surface area contributed by atoms with Crippen LogP contribution in [-0.2, 0) is 9.53 Å². The maximum Gasteiger partial charge on any atom is 0.325 e. The van der Waals surface area contributed by atoms with E-state index >= 15 is 0 Å². The Morgan fingerprint density at radius 1 is 1.25 bits per heavy atom. The van der Waals surface area contributed by atoms with Crippen LogP contribution in [0.25, 0.3) is 0 Å². The van der Waals surface area contributed by atoms with Crippen LogP contribution in [0.1, 0.15) is 18.1 Å². The Morgan fingerprint density at radius 3 is 2.55 bits per heavy atom. The molecule has 0 bridgehead atoms. The average molecular weight is 272 g/mol. The summed E-state index contributed by atoms with van der Waals surface area (Å²) in [5.41, 5.74) is 0.739. The van der Waals surface area contributed by atoms with Crippen LogP contribution in [0.3, 0.4) is 0 Å². The number of hydrogen-bond acceptors (Lipinski definition) is 5. The largest absolute Gasteiger partial charge is 0.465 e. The van der Waals surface area contributed by atoms with E-state index in [4.69, 9.17) is 10.5 Å². The Labute approximate surface area is 115 Å². The number of carbonyl (C=O) groups is 2. The number of carbonyl (C=O) groups excluding carboxylic acids is 2. The van der Waals surface area contributed by atoms with Crippen LogP contribution in [-0.4, -0.2) is 25.2 Å². The SMILES string of the molecule is CCOC(=O)CNC(=O)Nc1ccc(C#N)c(C#N)c1. The lowest BCUT2D eigenvalue weighted by Crippen LogP contribution is -2.34. The number of anilines is 1. The van der Waals surface area contributed by atoms with Gasteiger partial charge in [-0.1, -0.05) is 0 Å². The number of amides is 2. The Balaban J connectivity index is 2.61. The third-order valence-electron chi connectivity index (χ3n) is 2.22. The monoisotopic (exact) mass is 272 g/mol. The highest BCUT2D eigenvalue weighted by Gasteiger charge is 2.08. The highest BCUT2D eigenvalue weighted by atomic mass is 16.5. The van der Waals surface area contributed by atoms with Gasteiger partial charge in [-0.05, 0) is 25.1 Å². The molecule has 0 saturated heterocycles. The van der Waals surface area contributed by atoms with Crippen molar-refractivity contribution >= 4 is 17.7 Å². The molecule has 102 valence electrons. The molecule has 0 aliphatic rings.